The van der Waals surface area contributed by atoms with Crippen LogP contribution in [0.25, 0.3) is 0 Å². The Morgan fingerprint density at radius 2 is 1.88 bits per heavy atom. The first kappa shape index (κ1) is 11.9. The second kappa shape index (κ2) is 5.64. The van der Waals surface area contributed by atoms with Gasteiger partial charge in [-0.05, 0) is 29.8 Å². The van der Waals surface area contributed by atoms with Gasteiger partial charge in [-0.1, -0.05) is 0 Å². The van der Waals surface area contributed by atoms with Gasteiger partial charge in [-0.3, -0.25) is 0 Å². The molecule has 1 aromatic rings. The van der Waals surface area contributed by atoms with Gasteiger partial charge in [-0.15, -0.1) is 5.10 Å². The summed E-state index contributed by atoms with van der Waals surface area (Å²) in [6.45, 7) is -2.83. The number of hydrogen-bond acceptors (Lipinski definition) is 3. The number of halogens is 2. The van der Waals surface area contributed by atoms with Crippen molar-refractivity contribution in [3.05, 3.63) is 29.8 Å². The minimum Gasteiger partial charge on any atom is -0.435 e. The molecule has 86 valence electrons. The summed E-state index contributed by atoms with van der Waals surface area (Å²) < 4.78 is 27.8. The molecule has 5 nitrogen and oxygen atoms in total. The van der Waals surface area contributed by atoms with Crippen molar-refractivity contribution in [3.63, 3.8) is 0 Å². The molecule has 0 radical (unpaired) electrons. The third-order valence-corrected chi connectivity index (χ3v) is 1.49. The molecule has 0 aliphatic carbocycles. The molecule has 0 saturated heterocycles. The fourth-order valence-corrected chi connectivity index (χ4v) is 0.898. The van der Waals surface area contributed by atoms with Crippen LogP contribution in [0.4, 0.5) is 8.78 Å². The molecule has 0 aromatic heterocycles. The van der Waals surface area contributed by atoms with E-state index in [0.717, 1.165) is 0 Å². The fourth-order valence-electron chi connectivity index (χ4n) is 0.898. The average Bonchev–Trinajstić information content (AvgIpc) is 2.19. The summed E-state index contributed by atoms with van der Waals surface area (Å²) in [6, 6.07) is 5.87. The zero-order valence-electron chi connectivity index (χ0n) is 8.18. The Kier molecular flexibility index (Phi) is 4.19. The third kappa shape index (κ3) is 4.36. The predicted octanol–water partition coefficient (Wildman–Crippen LogP) is 0.895. The largest absolute Gasteiger partial charge is 0.435 e. The van der Waals surface area contributed by atoms with E-state index in [9.17, 15) is 8.78 Å². The van der Waals surface area contributed by atoms with Gasteiger partial charge in [0.25, 0.3) is 0 Å². The maximum absolute atomic E-state index is 11.8. The van der Waals surface area contributed by atoms with Crippen LogP contribution in [0, 0.1) is 0 Å². The Morgan fingerprint density at radius 1 is 1.25 bits per heavy atom. The summed E-state index contributed by atoms with van der Waals surface area (Å²) in [5.41, 5.74) is 10.8. The Bertz CT molecular complexity index is 385. The first-order valence-electron chi connectivity index (χ1n) is 4.25. The van der Waals surface area contributed by atoms with Crippen molar-refractivity contribution < 1.29 is 13.5 Å². The first-order valence-corrected chi connectivity index (χ1v) is 4.25. The van der Waals surface area contributed by atoms with E-state index in [2.05, 4.69) is 14.9 Å². The second-order valence-electron chi connectivity index (χ2n) is 2.72. The molecule has 0 atom stereocenters. The van der Waals surface area contributed by atoms with Crippen molar-refractivity contribution in [2.75, 3.05) is 0 Å². The third-order valence-electron chi connectivity index (χ3n) is 1.49. The SMILES string of the molecule is NC(N)=N/N=C/c1ccc(OC(F)F)cc1. The molecule has 0 fully saturated rings. The molecule has 0 aliphatic rings. The van der Waals surface area contributed by atoms with Gasteiger partial charge in [0.2, 0.25) is 5.96 Å². The van der Waals surface area contributed by atoms with Crippen molar-refractivity contribution in [1.82, 2.24) is 0 Å². The maximum Gasteiger partial charge on any atom is 0.387 e. The Hall–Kier alpha value is -2.18. The number of rotatable bonds is 4. The fraction of sp³-hybridized carbons (Fsp3) is 0.111. The van der Waals surface area contributed by atoms with Crippen LogP contribution in [0.5, 0.6) is 5.75 Å². The number of ether oxygens (including phenoxy) is 1. The van der Waals surface area contributed by atoms with Crippen LogP contribution in [0.1, 0.15) is 5.56 Å². The Balaban J connectivity index is 2.64. The lowest BCUT2D eigenvalue weighted by atomic mass is 10.2. The smallest absolute Gasteiger partial charge is 0.387 e. The van der Waals surface area contributed by atoms with E-state index in [0.29, 0.717) is 5.56 Å². The van der Waals surface area contributed by atoms with E-state index in [4.69, 9.17) is 11.5 Å². The zero-order chi connectivity index (χ0) is 12.0. The quantitative estimate of drug-likeness (QED) is 0.456. The van der Waals surface area contributed by atoms with Gasteiger partial charge >= 0.3 is 6.61 Å². The van der Waals surface area contributed by atoms with Crippen molar-refractivity contribution >= 4 is 12.2 Å². The van der Waals surface area contributed by atoms with E-state index < -0.39 is 6.61 Å². The van der Waals surface area contributed by atoms with Gasteiger partial charge < -0.3 is 16.2 Å². The van der Waals surface area contributed by atoms with Crippen molar-refractivity contribution in [3.8, 4) is 5.75 Å². The maximum atomic E-state index is 11.8. The molecular weight excluding hydrogens is 218 g/mol. The van der Waals surface area contributed by atoms with Crippen LogP contribution in [0.3, 0.4) is 0 Å². The van der Waals surface area contributed by atoms with E-state index in [1.165, 1.54) is 18.3 Å². The van der Waals surface area contributed by atoms with Crippen LogP contribution in [0.2, 0.25) is 0 Å². The summed E-state index contributed by atoms with van der Waals surface area (Å²) in [7, 11) is 0. The van der Waals surface area contributed by atoms with E-state index in [1.54, 1.807) is 12.1 Å². The number of hydrogen-bond donors (Lipinski definition) is 2. The summed E-state index contributed by atoms with van der Waals surface area (Å²) in [5.74, 6) is -0.0807. The lowest BCUT2D eigenvalue weighted by Crippen LogP contribution is -2.21. The lowest BCUT2D eigenvalue weighted by Gasteiger charge is -2.03. The molecule has 16 heavy (non-hydrogen) atoms. The van der Waals surface area contributed by atoms with Crippen LogP contribution >= 0.6 is 0 Å². The van der Waals surface area contributed by atoms with Gasteiger partial charge in [0.1, 0.15) is 5.75 Å². The van der Waals surface area contributed by atoms with Crippen LogP contribution in [-0.4, -0.2) is 18.8 Å². The standard InChI is InChI=1S/C9H10F2N4O/c10-8(11)16-7-3-1-6(2-4-7)5-14-15-9(12)13/h1-5,8H,(H4,12,13,15)/b14-5+. The molecule has 0 aliphatic heterocycles. The van der Waals surface area contributed by atoms with E-state index in [1.807, 2.05) is 0 Å². The molecule has 0 saturated carbocycles. The van der Waals surface area contributed by atoms with Gasteiger partial charge in [0.15, 0.2) is 0 Å². The topological polar surface area (TPSA) is 86.0 Å². The first-order chi connectivity index (χ1) is 7.58. The Labute approximate surface area is 90.4 Å². The lowest BCUT2D eigenvalue weighted by molar-refractivity contribution is -0.0498. The van der Waals surface area contributed by atoms with Crippen LogP contribution in [-0.2, 0) is 0 Å². The number of benzene rings is 1. The molecule has 0 unspecified atom stereocenters. The summed E-state index contributed by atoms with van der Waals surface area (Å²) in [5, 5.41) is 6.94. The molecule has 0 spiro atoms. The molecule has 1 aromatic carbocycles. The highest BCUT2D eigenvalue weighted by Gasteiger charge is 2.02. The van der Waals surface area contributed by atoms with Gasteiger partial charge in [-0.25, -0.2) is 0 Å². The minimum absolute atomic E-state index is 0.0778. The molecule has 7 heteroatoms. The molecule has 0 bridgehead atoms. The molecule has 4 N–H and O–H groups in total. The van der Waals surface area contributed by atoms with Crippen molar-refractivity contribution in [2.24, 2.45) is 21.7 Å². The second-order valence-corrected chi connectivity index (χ2v) is 2.72. The molecule has 0 heterocycles. The number of guanidine groups is 1. The summed E-state index contributed by atoms with van der Waals surface area (Å²) in [6.07, 6.45) is 1.38. The summed E-state index contributed by atoms with van der Waals surface area (Å²) in [4.78, 5) is 0. The predicted molar refractivity (Wildman–Crippen MR) is 56.5 cm³/mol. The Morgan fingerprint density at radius 3 is 2.38 bits per heavy atom. The van der Waals surface area contributed by atoms with E-state index >= 15 is 0 Å². The van der Waals surface area contributed by atoms with Crippen LogP contribution in [0.15, 0.2) is 34.5 Å². The van der Waals surface area contributed by atoms with Gasteiger partial charge in [-0.2, -0.15) is 13.9 Å². The van der Waals surface area contributed by atoms with Gasteiger partial charge in [0.05, 0.1) is 6.21 Å². The summed E-state index contributed by atoms with van der Waals surface area (Å²) >= 11 is 0. The highest BCUT2D eigenvalue weighted by atomic mass is 19.3. The van der Waals surface area contributed by atoms with Crippen molar-refractivity contribution in [2.45, 2.75) is 6.61 Å². The van der Waals surface area contributed by atoms with Gasteiger partial charge in [0, 0.05) is 0 Å². The van der Waals surface area contributed by atoms with Crippen molar-refractivity contribution in [1.29, 1.82) is 0 Å². The molecule has 1 rings (SSSR count). The normalized spacial score (nSPS) is 10.7. The van der Waals surface area contributed by atoms with E-state index in [-0.39, 0.29) is 11.7 Å². The number of nitrogens with zero attached hydrogens (tertiary/aromatic N) is 2. The molecule has 0 amide bonds. The monoisotopic (exact) mass is 228 g/mol. The minimum atomic E-state index is -2.83. The highest BCUT2D eigenvalue weighted by molar-refractivity contribution is 5.81. The highest BCUT2D eigenvalue weighted by Crippen LogP contribution is 2.13. The molecular formula is C9H10F2N4O. The number of nitrogens with two attached hydrogens (primary N) is 2. The zero-order valence-corrected chi connectivity index (χ0v) is 8.18. The average molecular weight is 228 g/mol. The van der Waals surface area contributed by atoms with Crippen LogP contribution < -0.4 is 16.2 Å². The number of alkyl halides is 2.